The Morgan fingerprint density at radius 2 is 1.30 bits per heavy atom. The maximum absolute atomic E-state index is 11.7. The fourth-order valence-corrected chi connectivity index (χ4v) is 1.98. The first-order valence-corrected chi connectivity index (χ1v) is 7.42. The standard InChI is InChI=1S/C12H14O9S.Na/c13-1-3-20-11(15)8-5-9(12(16)21-4-2-14)7-10(6-8)22(17,18)19;/h5-7,13-14H,1-4H2,(H,17,18,19);/q;+1. The van der Waals surface area contributed by atoms with Gasteiger partial charge in [-0.2, -0.15) is 8.42 Å². The summed E-state index contributed by atoms with van der Waals surface area (Å²) in [5, 5.41) is 17.1. The van der Waals surface area contributed by atoms with Crippen molar-refractivity contribution in [3.63, 3.8) is 0 Å². The van der Waals surface area contributed by atoms with Crippen molar-refractivity contribution in [3.8, 4) is 0 Å². The second-order valence-corrected chi connectivity index (χ2v) is 5.36. The van der Waals surface area contributed by atoms with E-state index in [0.717, 1.165) is 18.2 Å². The molecule has 0 saturated carbocycles. The van der Waals surface area contributed by atoms with E-state index in [2.05, 4.69) is 9.47 Å². The van der Waals surface area contributed by atoms with Crippen LogP contribution in [0.4, 0.5) is 0 Å². The molecule has 0 atom stereocenters. The average molecular weight is 357 g/mol. The van der Waals surface area contributed by atoms with E-state index in [0.29, 0.717) is 0 Å². The number of rotatable bonds is 7. The number of benzene rings is 1. The maximum atomic E-state index is 11.7. The third kappa shape index (κ3) is 6.96. The minimum Gasteiger partial charge on any atom is -0.460 e. The Bertz CT molecular complexity index is 618. The van der Waals surface area contributed by atoms with Gasteiger partial charge < -0.3 is 19.7 Å². The molecule has 0 fully saturated rings. The van der Waals surface area contributed by atoms with Gasteiger partial charge in [0.2, 0.25) is 0 Å². The molecule has 1 aromatic rings. The fourth-order valence-electron chi connectivity index (χ4n) is 1.43. The van der Waals surface area contributed by atoms with Crippen molar-refractivity contribution in [2.45, 2.75) is 4.90 Å². The number of aliphatic hydroxyl groups excluding tert-OH is 2. The molecular formula is C12H14NaO9S+. The van der Waals surface area contributed by atoms with Crippen LogP contribution in [0.2, 0.25) is 0 Å². The third-order valence-electron chi connectivity index (χ3n) is 2.32. The largest absolute Gasteiger partial charge is 1.00 e. The van der Waals surface area contributed by atoms with Crippen LogP contribution >= 0.6 is 0 Å². The number of esters is 2. The molecule has 1 rings (SSSR count). The summed E-state index contributed by atoms with van der Waals surface area (Å²) in [6, 6.07) is 2.64. The molecule has 0 amide bonds. The molecule has 0 aliphatic rings. The van der Waals surface area contributed by atoms with E-state index in [1.165, 1.54) is 0 Å². The minimum absolute atomic E-state index is 0. The van der Waals surface area contributed by atoms with Crippen molar-refractivity contribution in [2.24, 2.45) is 0 Å². The van der Waals surface area contributed by atoms with E-state index in [-0.39, 0.29) is 53.9 Å². The summed E-state index contributed by atoms with van der Waals surface area (Å²) in [5.41, 5.74) is -0.640. The van der Waals surface area contributed by atoms with Crippen LogP contribution in [0, 0.1) is 0 Å². The molecule has 0 heterocycles. The zero-order valence-corrected chi connectivity index (χ0v) is 15.1. The normalized spacial score (nSPS) is 10.6. The Kier molecular flexibility index (Phi) is 9.54. The van der Waals surface area contributed by atoms with E-state index >= 15 is 0 Å². The van der Waals surface area contributed by atoms with Gasteiger partial charge in [0.15, 0.2) is 0 Å². The summed E-state index contributed by atoms with van der Waals surface area (Å²) in [4.78, 5) is 22.6. The van der Waals surface area contributed by atoms with E-state index < -0.39 is 40.2 Å². The molecule has 0 aliphatic heterocycles. The van der Waals surface area contributed by atoms with Crippen LogP contribution in [0.15, 0.2) is 23.1 Å². The molecule has 11 heteroatoms. The Morgan fingerprint density at radius 1 is 0.913 bits per heavy atom. The van der Waals surface area contributed by atoms with Crippen molar-refractivity contribution in [1.82, 2.24) is 0 Å². The summed E-state index contributed by atoms with van der Waals surface area (Å²) < 4.78 is 40.6. The Balaban J connectivity index is 0.00000484. The van der Waals surface area contributed by atoms with Gasteiger partial charge in [0, 0.05) is 0 Å². The molecule has 0 aromatic heterocycles. The van der Waals surface area contributed by atoms with Gasteiger partial charge in [0.05, 0.1) is 29.2 Å². The Labute approximate surface area is 154 Å². The zero-order chi connectivity index (χ0) is 16.8. The summed E-state index contributed by atoms with van der Waals surface area (Å²) in [6.45, 7) is -1.51. The second kappa shape index (κ2) is 9.98. The van der Waals surface area contributed by atoms with Crippen LogP contribution in [0.5, 0.6) is 0 Å². The van der Waals surface area contributed by atoms with Crippen LogP contribution in [0.3, 0.4) is 0 Å². The number of hydrogen-bond donors (Lipinski definition) is 3. The zero-order valence-electron chi connectivity index (χ0n) is 12.3. The maximum Gasteiger partial charge on any atom is 1.00 e. The van der Waals surface area contributed by atoms with Crippen LogP contribution in [-0.2, 0) is 19.6 Å². The molecule has 0 bridgehead atoms. The molecule has 122 valence electrons. The first-order chi connectivity index (χ1) is 10.3. The van der Waals surface area contributed by atoms with Gasteiger partial charge in [-0.25, -0.2) is 9.59 Å². The third-order valence-corrected chi connectivity index (χ3v) is 3.16. The number of ether oxygens (including phenoxy) is 2. The first-order valence-electron chi connectivity index (χ1n) is 5.98. The predicted octanol–water partition coefficient (Wildman–Crippen LogP) is -3.76. The van der Waals surface area contributed by atoms with Gasteiger partial charge in [-0.1, -0.05) is 0 Å². The van der Waals surface area contributed by atoms with Gasteiger partial charge in [-0.15, -0.1) is 0 Å². The molecule has 23 heavy (non-hydrogen) atoms. The average Bonchev–Trinajstić information content (AvgIpc) is 2.48. The fraction of sp³-hybridized carbons (Fsp3) is 0.333. The van der Waals surface area contributed by atoms with Gasteiger partial charge >= 0.3 is 41.5 Å². The van der Waals surface area contributed by atoms with Gasteiger partial charge in [-0.05, 0) is 18.2 Å². The van der Waals surface area contributed by atoms with Gasteiger partial charge in [-0.3, -0.25) is 4.55 Å². The Morgan fingerprint density at radius 3 is 1.61 bits per heavy atom. The van der Waals surface area contributed by atoms with Crippen LogP contribution in [0.1, 0.15) is 20.7 Å². The molecule has 9 nitrogen and oxygen atoms in total. The smallest absolute Gasteiger partial charge is 0.460 e. The van der Waals surface area contributed by atoms with Crippen molar-refractivity contribution in [2.75, 3.05) is 26.4 Å². The molecule has 0 saturated heterocycles. The quantitative estimate of drug-likeness (QED) is 0.254. The number of carbonyl (C=O) groups excluding carboxylic acids is 2. The summed E-state index contributed by atoms with van der Waals surface area (Å²) in [6.07, 6.45) is 0. The van der Waals surface area contributed by atoms with Crippen molar-refractivity contribution in [3.05, 3.63) is 29.3 Å². The van der Waals surface area contributed by atoms with Crippen molar-refractivity contribution >= 4 is 22.1 Å². The minimum atomic E-state index is -4.67. The summed E-state index contributed by atoms with van der Waals surface area (Å²) in [7, 11) is -4.67. The van der Waals surface area contributed by atoms with Crippen molar-refractivity contribution in [1.29, 1.82) is 0 Å². The van der Waals surface area contributed by atoms with Gasteiger partial charge in [0.1, 0.15) is 13.2 Å². The van der Waals surface area contributed by atoms with E-state index in [9.17, 15) is 18.0 Å². The molecular weight excluding hydrogens is 343 g/mol. The van der Waals surface area contributed by atoms with Crippen LogP contribution in [0.25, 0.3) is 0 Å². The van der Waals surface area contributed by atoms with E-state index in [4.69, 9.17) is 14.8 Å². The van der Waals surface area contributed by atoms with Crippen LogP contribution in [-0.4, -0.2) is 61.5 Å². The van der Waals surface area contributed by atoms with Gasteiger partial charge in [0.25, 0.3) is 10.1 Å². The molecule has 0 unspecified atom stereocenters. The molecule has 1 aromatic carbocycles. The topological polar surface area (TPSA) is 147 Å². The Hall–Kier alpha value is -1.01. The van der Waals surface area contributed by atoms with E-state index in [1.807, 2.05) is 0 Å². The van der Waals surface area contributed by atoms with Crippen LogP contribution < -0.4 is 29.6 Å². The number of carbonyl (C=O) groups is 2. The summed E-state index contributed by atoms with van der Waals surface area (Å²) in [5.74, 6) is -1.98. The second-order valence-electron chi connectivity index (χ2n) is 3.94. The van der Waals surface area contributed by atoms with E-state index in [1.54, 1.807) is 0 Å². The SMILES string of the molecule is O=C(OCCO)c1cc(C(=O)OCCO)cc(S(=O)(=O)O)c1.[Na+]. The number of aliphatic hydroxyl groups is 2. The summed E-state index contributed by atoms with van der Waals surface area (Å²) >= 11 is 0. The number of hydrogen-bond acceptors (Lipinski definition) is 8. The molecule has 3 N–H and O–H groups in total. The monoisotopic (exact) mass is 357 g/mol. The molecule has 0 radical (unpaired) electrons. The first kappa shape index (κ1) is 22.0. The molecule has 0 spiro atoms. The predicted molar refractivity (Wildman–Crippen MR) is 71.0 cm³/mol. The molecule has 0 aliphatic carbocycles. The van der Waals surface area contributed by atoms with Crippen molar-refractivity contribution < 1.29 is 71.8 Å².